The van der Waals surface area contributed by atoms with E-state index in [-0.39, 0.29) is 11.8 Å². The van der Waals surface area contributed by atoms with Gasteiger partial charge in [0.2, 0.25) is 5.91 Å². The number of thiazole rings is 1. The Hall–Kier alpha value is -2.40. The molecule has 5 heteroatoms. The fourth-order valence-electron chi connectivity index (χ4n) is 2.88. The second-order valence-corrected chi connectivity index (χ2v) is 7.28. The molecule has 24 heavy (non-hydrogen) atoms. The summed E-state index contributed by atoms with van der Waals surface area (Å²) in [5, 5.41) is 4.04. The number of anilines is 1. The average molecular weight is 337 g/mol. The monoisotopic (exact) mass is 337 g/mol. The number of carbonyl (C=O) groups excluding carboxylic acids is 1. The number of carbonyl (C=O) groups is 1. The molecule has 1 fully saturated rings. The summed E-state index contributed by atoms with van der Waals surface area (Å²) in [6.45, 7) is 4.19. The summed E-state index contributed by atoms with van der Waals surface area (Å²) in [7, 11) is 0. The van der Waals surface area contributed by atoms with Gasteiger partial charge in [-0.25, -0.2) is 4.98 Å². The number of aryl methyl sites for hydroxylation is 1. The molecule has 0 radical (unpaired) electrons. The average Bonchev–Trinajstić information content (AvgIpc) is 2.95. The molecule has 2 aromatic carbocycles. The molecular weight excluding hydrogens is 318 g/mol. The molecule has 0 unspecified atom stereocenters. The Bertz CT molecular complexity index is 869. The quantitative estimate of drug-likeness (QED) is 0.794. The molecule has 0 saturated carbocycles. The Kier molecular flexibility index (Phi) is 3.94. The Morgan fingerprint density at radius 2 is 2.04 bits per heavy atom. The highest BCUT2D eigenvalue weighted by Gasteiger charge is 2.34. The fraction of sp³-hybridized carbons (Fsp3) is 0.263. The van der Waals surface area contributed by atoms with Crippen LogP contribution in [0.2, 0.25) is 0 Å². The Balaban J connectivity index is 1.34. The predicted molar refractivity (Wildman–Crippen MR) is 98.3 cm³/mol. The number of rotatable bonds is 4. The molecule has 0 bridgehead atoms. The summed E-state index contributed by atoms with van der Waals surface area (Å²) in [5.41, 5.74) is 3.42. The van der Waals surface area contributed by atoms with Gasteiger partial charge < -0.3 is 10.2 Å². The lowest BCUT2D eigenvalue weighted by atomic mass is 10.00. The van der Waals surface area contributed by atoms with Crippen molar-refractivity contribution in [1.82, 2.24) is 10.3 Å². The number of amides is 1. The van der Waals surface area contributed by atoms with E-state index in [2.05, 4.69) is 40.3 Å². The molecule has 2 heterocycles. The lowest BCUT2D eigenvalue weighted by Gasteiger charge is -2.37. The van der Waals surface area contributed by atoms with Gasteiger partial charge in [-0.3, -0.25) is 4.79 Å². The number of fused-ring (bicyclic) bond motifs is 1. The minimum atomic E-state index is 0.0578. The van der Waals surface area contributed by atoms with Crippen LogP contribution >= 0.6 is 11.3 Å². The lowest BCUT2D eigenvalue weighted by molar-refractivity contribution is -0.125. The SMILES string of the molecule is Cc1ccc2nc(N3CC(C(=O)NCc4ccccc4)C3)sc2c1. The van der Waals surface area contributed by atoms with Gasteiger partial charge in [-0.15, -0.1) is 0 Å². The Labute approximate surface area is 145 Å². The molecule has 1 N–H and O–H groups in total. The molecule has 1 amide bonds. The molecule has 3 aromatic rings. The maximum Gasteiger partial charge on any atom is 0.226 e. The van der Waals surface area contributed by atoms with Crippen LogP contribution in [0.1, 0.15) is 11.1 Å². The third kappa shape index (κ3) is 2.99. The maximum atomic E-state index is 12.2. The number of hydrogen-bond donors (Lipinski definition) is 1. The van der Waals surface area contributed by atoms with Crippen LogP contribution in [-0.2, 0) is 11.3 Å². The molecule has 1 aromatic heterocycles. The summed E-state index contributed by atoms with van der Waals surface area (Å²) in [6.07, 6.45) is 0. The maximum absolute atomic E-state index is 12.2. The third-order valence-electron chi connectivity index (χ3n) is 4.37. The van der Waals surface area contributed by atoms with E-state index in [1.54, 1.807) is 11.3 Å². The largest absolute Gasteiger partial charge is 0.352 e. The summed E-state index contributed by atoms with van der Waals surface area (Å²) in [6, 6.07) is 16.3. The molecule has 4 nitrogen and oxygen atoms in total. The predicted octanol–water partition coefficient (Wildman–Crippen LogP) is 3.36. The minimum Gasteiger partial charge on any atom is -0.352 e. The minimum absolute atomic E-state index is 0.0578. The molecule has 1 aliphatic rings. The van der Waals surface area contributed by atoms with Crippen molar-refractivity contribution in [3.63, 3.8) is 0 Å². The molecule has 0 spiro atoms. The smallest absolute Gasteiger partial charge is 0.226 e. The van der Waals surface area contributed by atoms with Crippen LogP contribution < -0.4 is 10.2 Å². The molecule has 122 valence electrons. The van der Waals surface area contributed by atoms with Crippen LogP contribution in [-0.4, -0.2) is 24.0 Å². The van der Waals surface area contributed by atoms with E-state index in [1.165, 1.54) is 10.3 Å². The van der Waals surface area contributed by atoms with Crippen molar-refractivity contribution in [2.24, 2.45) is 5.92 Å². The van der Waals surface area contributed by atoms with Gasteiger partial charge in [0, 0.05) is 19.6 Å². The first-order chi connectivity index (χ1) is 11.7. The zero-order chi connectivity index (χ0) is 16.5. The van der Waals surface area contributed by atoms with Gasteiger partial charge in [0.15, 0.2) is 5.13 Å². The second kappa shape index (κ2) is 6.24. The van der Waals surface area contributed by atoms with Crippen LogP contribution in [0.25, 0.3) is 10.2 Å². The van der Waals surface area contributed by atoms with E-state index in [1.807, 2.05) is 30.3 Å². The summed E-state index contributed by atoms with van der Waals surface area (Å²) in [5.74, 6) is 0.189. The standard InChI is InChI=1S/C19H19N3OS/c1-13-7-8-16-17(9-13)24-19(21-16)22-11-15(12-22)18(23)20-10-14-5-3-2-4-6-14/h2-9,15H,10-12H2,1H3,(H,20,23). The first-order valence-corrected chi connectivity index (χ1v) is 8.94. The van der Waals surface area contributed by atoms with Gasteiger partial charge in [-0.05, 0) is 30.2 Å². The number of hydrogen-bond acceptors (Lipinski definition) is 4. The van der Waals surface area contributed by atoms with E-state index in [4.69, 9.17) is 0 Å². The summed E-state index contributed by atoms with van der Waals surface area (Å²) in [4.78, 5) is 19.1. The van der Waals surface area contributed by atoms with Crippen molar-refractivity contribution in [2.45, 2.75) is 13.5 Å². The third-order valence-corrected chi connectivity index (χ3v) is 5.44. The number of aromatic nitrogens is 1. The first kappa shape index (κ1) is 15.1. The highest BCUT2D eigenvalue weighted by molar-refractivity contribution is 7.22. The highest BCUT2D eigenvalue weighted by atomic mass is 32.1. The normalized spacial score (nSPS) is 14.6. The van der Waals surface area contributed by atoms with Crippen molar-refractivity contribution < 1.29 is 4.79 Å². The molecule has 1 aliphatic heterocycles. The first-order valence-electron chi connectivity index (χ1n) is 8.13. The summed E-state index contributed by atoms with van der Waals surface area (Å²) >= 11 is 1.70. The van der Waals surface area contributed by atoms with Crippen molar-refractivity contribution in [3.8, 4) is 0 Å². The molecule has 0 aliphatic carbocycles. The van der Waals surface area contributed by atoms with Gasteiger partial charge >= 0.3 is 0 Å². The van der Waals surface area contributed by atoms with Crippen LogP contribution in [0.5, 0.6) is 0 Å². The molecule has 0 atom stereocenters. The van der Waals surface area contributed by atoms with E-state index in [0.29, 0.717) is 6.54 Å². The zero-order valence-corrected chi connectivity index (χ0v) is 14.3. The van der Waals surface area contributed by atoms with Crippen molar-refractivity contribution in [3.05, 3.63) is 59.7 Å². The molecule has 4 rings (SSSR count). The molecular formula is C19H19N3OS. The van der Waals surface area contributed by atoms with Crippen molar-refractivity contribution >= 4 is 32.6 Å². The molecule has 1 saturated heterocycles. The van der Waals surface area contributed by atoms with Gasteiger partial charge in [0.25, 0.3) is 0 Å². The van der Waals surface area contributed by atoms with Gasteiger partial charge in [0.05, 0.1) is 16.1 Å². The van der Waals surface area contributed by atoms with Crippen molar-refractivity contribution in [2.75, 3.05) is 18.0 Å². The van der Waals surface area contributed by atoms with Gasteiger partial charge in [-0.2, -0.15) is 0 Å². The Morgan fingerprint density at radius 3 is 2.83 bits per heavy atom. The van der Waals surface area contributed by atoms with Crippen LogP contribution in [0.15, 0.2) is 48.5 Å². The van der Waals surface area contributed by atoms with E-state index in [9.17, 15) is 4.79 Å². The highest BCUT2D eigenvalue weighted by Crippen LogP contribution is 2.33. The Morgan fingerprint density at radius 1 is 1.25 bits per heavy atom. The van der Waals surface area contributed by atoms with E-state index in [0.717, 1.165) is 29.3 Å². The zero-order valence-electron chi connectivity index (χ0n) is 13.5. The lowest BCUT2D eigenvalue weighted by Crippen LogP contribution is -2.53. The topological polar surface area (TPSA) is 45.2 Å². The van der Waals surface area contributed by atoms with Crippen molar-refractivity contribution in [1.29, 1.82) is 0 Å². The van der Waals surface area contributed by atoms with Crippen LogP contribution in [0, 0.1) is 12.8 Å². The van der Waals surface area contributed by atoms with Crippen LogP contribution in [0.4, 0.5) is 5.13 Å². The van der Waals surface area contributed by atoms with Gasteiger partial charge in [-0.1, -0.05) is 47.7 Å². The number of nitrogens with one attached hydrogen (secondary N) is 1. The fourth-order valence-corrected chi connectivity index (χ4v) is 3.97. The van der Waals surface area contributed by atoms with Gasteiger partial charge in [0.1, 0.15) is 0 Å². The summed E-state index contributed by atoms with van der Waals surface area (Å²) < 4.78 is 1.21. The number of nitrogens with zero attached hydrogens (tertiary/aromatic N) is 2. The number of benzene rings is 2. The second-order valence-electron chi connectivity index (χ2n) is 6.27. The van der Waals surface area contributed by atoms with E-state index < -0.39 is 0 Å². The van der Waals surface area contributed by atoms with E-state index >= 15 is 0 Å². The van der Waals surface area contributed by atoms with Crippen LogP contribution in [0.3, 0.4) is 0 Å².